The number of alkyl halides is 2. The Morgan fingerprint density at radius 1 is 1.27 bits per heavy atom. The van der Waals surface area contributed by atoms with Crippen LogP contribution in [-0.4, -0.2) is 36.0 Å². The van der Waals surface area contributed by atoms with Crippen LogP contribution in [0.3, 0.4) is 0 Å². The first-order valence-corrected chi connectivity index (χ1v) is 8.48. The number of hydrogen-bond donors (Lipinski definition) is 0. The van der Waals surface area contributed by atoms with Gasteiger partial charge in [-0.2, -0.15) is 0 Å². The second-order valence-corrected chi connectivity index (χ2v) is 6.87. The van der Waals surface area contributed by atoms with Crippen molar-refractivity contribution in [3.05, 3.63) is 47.0 Å². The second kappa shape index (κ2) is 6.84. The molecule has 0 saturated carbocycles. The summed E-state index contributed by atoms with van der Waals surface area (Å²) >= 11 is 1.14. The van der Waals surface area contributed by atoms with Crippen LogP contribution in [0, 0.1) is 0 Å². The second-order valence-electron chi connectivity index (χ2n) is 4.22. The van der Waals surface area contributed by atoms with E-state index in [0.717, 1.165) is 23.7 Å². The summed E-state index contributed by atoms with van der Waals surface area (Å²) in [5.41, 5.74) is 0.782. The Morgan fingerprint density at radius 2 is 1.95 bits per heavy atom. The van der Waals surface area contributed by atoms with E-state index in [0.29, 0.717) is 5.69 Å². The Kier molecular flexibility index (Phi) is 5.09. The van der Waals surface area contributed by atoms with Crippen LogP contribution in [0.15, 0.2) is 40.6 Å². The molecule has 0 N–H and O–H groups in total. The normalized spacial score (nSPS) is 12.1. The maximum absolute atomic E-state index is 12.2. The summed E-state index contributed by atoms with van der Waals surface area (Å²) in [6.45, 7) is 0. The SMILES string of the molecule is O=C(C=Cc1csnn1)c1ccc(S(=O)(=O)CC(F)F)cc1. The molecule has 0 bridgehead atoms. The molecular formula is C13H10F2N2O3S2. The molecule has 0 saturated heterocycles. The zero-order chi connectivity index (χ0) is 16.2. The summed E-state index contributed by atoms with van der Waals surface area (Å²) < 4.78 is 51.3. The molecule has 0 aliphatic heterocycles. The minimum Gasteiger partial charge on any atom is -0.289 e. The van der Waals surface area contributed by atoms with Crippen molar-refractivity contribution in [2.24, 2.45) is 0 Å². The highest BCUT2D eigenvalue weighted by Crippen LogP contribution is 2.15. The van der Waals surface area contributed by atoms with Crippen molar-refractivity contribution in [3.63, 3.8) is 0 Å². The first-order valence-electron chi connectivity index (χ1n) is 5.99. The minimum absolute atomic E-state index is 0.239. The average Bonchev–Trinajstić information content (AvgIpc) is 2.97. The number of carbonyl (C=O) groups excluding carboxylic acids is 1. The molecule has 0 atom stereocenters. The highest BCUT2D eigenvalue weighted by atomic mass is 32.2. The first-order chi connectivity index (χ1) is 10.4. The number of ketones is 1. The minimum atomic E-state index is -4.05. The lowest BCUT2D eigenvalue weighted by Gasteiger charge is -2.04. The third-order valence-corrected chi connectivity index (χ3v) is 4.83. The fourth-order valence-electron chi connectivity index (χ4n) is 1.59. The maximum Gasteiger partial charge on any atom is 0.252 e. The van der Waals surface area contributed by atoms with Gasteiger partial charge >= 0.3 is 0 Å². The number of hydrogen-bond acceptors (Lipinski definition) is 6. The van der Waals surface area contributed by atoms with E-state index < -0.39 is 22.0 Å². The number of allylic oxidation sites excluding steroid dienone is 1. The number of rotatable bonds is 6. The van der Waals surface area contributed by atoms with Gasteiger partial charge in [0.25, 0.3) is 6.43 Å². The third-order valence-electron chi connectivity index (χ3n) is 2.63. The van der Waals surface area contributed by atoms with Crippen molar-refractivity contribution < 1.29 is 22.0 Å². The van der Waals surface area contributed by atoms with Crippen molar-refractivity contribution in [1.29, 1.82) is 0 Å². The number of halogens is 2. The van der Waals surface area contributed by atoms with Crippen LogP contribution in [0.1, 0.15) is 16.1 Å². The van der Waals surface area contributed by atoms with E-state index in [1.807, 2.05) is 0 Å². The number of benzene rings is 1. The first kappa shape index (κ1) is 16.4. The molecule has 0 fully saturated rings. The van der Waals surface area contributed by atoms with Crippen LogP contribution in [0.2, 0.25) is 0 Å². The van der Waals surface area contributed by atoms with Gasteiger partial charge in [-0.25, -0.2) is 17.2 Å². The molecule has 22 heavy (non-hydrogen) atoms. The van der Waals surface area contributed by atoms with Gasteiger partial charge in [-0.15, -0.1) is 5.10 Å². The molecule has 116 valence electrons. The van der Waals surface area contributed by atoms with Gasteiger partial charge in [-0.1, -0.05) is 4.49 Å². The van der Waals surface area contributed by atoms with Gasteiger partial charge in [0.15, 0.2) is 15.6 Å². The summed E-state index contributed by atoms with van der Waals surface area (Å²) in [4.78, 5) is 11.6. The molecule has 2 aromatic rings. The van der Waals surface area contributed by atoms with E-state index in [1.165, 1.54) is 24.3 Å². The standard InChI is InChI=1S/C13H10F2N2O3S2/c14-13(15)8-22(19,20)11-4-1-9(2-5-11)12(18)6-3-10-7-21-17-16-10/h1-7,13H,8H2. The van der Waals surface area contributed by atoms with E-state index in [4.69, 9.17) is 0 Å². The van der Waals surface area contributed by atoms with Gasteiger partial charge in [-0.05, 0) is 47.9 Å². The van der Waals surface area contributed by atoms with Crippen molar-refractivity contribution in [3.8, 4) is 0 Å². The zero-order valence-electron chi connectivity index (χ0n) is 11.0. The van der Waals surface area contributed by atoms with E-state index in [2.05, 4.69) is 9.59 Å². The Labute approximate surface area is 129 Å². The molecule has 5 nitrogen and oxygen atoms in total. The topological polar surface area (TPSA) is 77.0 Å². The summed E-state index contributed by atoms with van der Waals surface area (Å²) in [7, 11) is -4.05. The number of sulfone groups is 1. The molecule has 1 aromatic carbocycles. The smallest absolute Gasteiger partial charge is 0.252 e. The van der Waals surface area contributed by atoms with E-state index in [9.17, 15) is 22.0 Å². The van der Waals surface area contributed by atoms with E-state index in [1.54, 1.807) is 5.38 Å². The predicted octanol–water partition coefficient (Wildman–Crippen LogP) is 2.47. The van der Waals surface area contributed by atoms with E-state index in [-0.39, 0.29) is 16.2 Å². The number of aromatic nitrogens is 2. The van der Waals surface area contributed by atoms with Gasteiger partial charge in [0.05, 0.1) is 10.6 Å². The third kappa shape index (κ3) is 4.25. The molecule has 0 aliphatic rings. The lowest BCUT2D eigenvalue weighted by Crippen LogP contribution is -2.13. The zero-order valence-corrected chi connectivity index (χ0v) is 12.7. The van der Waals surface area contributed by atoms with Gasteiger partial charge in [-0.3, -0.25) is 4.79 Å². The molecule has 0 spiro atoms. The molecule has 9 heteroatoms. The Bertz CT molecular complexity index is 770. The van der Waals surface area contributed by atoms with Crippen LogP contribution < -0.4 is 0 Å². The summed E-state index contributed by atoms with van der Waals surface area (Å²) in [6.07, 6.45) is -0.187. The number of nitrogens with zero attached hydrogens (tertiary/aromatic N) is 2. The Morgan fingerprint density at radius 3 is 2.50 bits per heavy atom. The largest absolute Gasteiger partial charge is 0.289 e. The van der Waals surface area contributed by atoms with Crippen LogP contribution in [-0.2, 0) is 9.84 Å². The van der Waals surface area contributed by atoms with Crippen LogP contribution in [0.5, 0.6) is 0 Å². The number of carbonyl (C=O) groups is 1. The van der Waals surface area contributed by atoms with Crippen molar-refractivity contribution in [1.82, 2.24) is 9.59 Å². The van der Waals surface area contributed by atoms with Crippen molar-refractivity contribution in [2.45, 2.75) is 11.3 Å². The summed E-state index contributed by atoms with van der Waals surface area (Å²) in [5.74, 6) is -1.59. The van der Waals surface area contributed by atoms with Gasteiger partial charge in [0.1, 0.15) is 5.75 Å². The fourth-order valence-corrected chi connectivity index (χ4v) is 3.09. The molecule has 2 rings (SSSR count). The maximum atomic E-state index is 12.2. The Hall–Kier alpha value is -2.00. The lowest BCUT2D eigenvalue weighted by molar-refractivity contribution is 0.104. The summed E-state index contributed by atoms with van der Waals surface area (Å²) in [6, 6.07) is 4.85. The molecule has 0 radical (unpaired) electrons. The monoisotopic (exact) mass is 344 g/mol. The van der Waals surface area contributed by atoms with E-state index >= 15 is 0 Å². The molecule has 0 aliphatic carbocycles. The summed E-state index contributed by atoms with van der Waals surface area (Å²) in [5, 5.41) is 5.39. The molecule has 1 aromatic heterocycles. The molecule has 0 amide bonds. The molecule has 0 unspecified atom stereocenters. The fraction of sp³-hybridized carbons (Fsp3) is 0.154. The molecular weight excluding hydrogens is 334 g/mol. The highest BCUT2D eigenvalue weighted by Gasteiger charge is 2.20. The van der Waals surface area contributed by atoms with Crippen molar-refractivity contribution >= 4 is 33.2 Å². The van der Waals surface area contributed by atoms with Crippen LogP contribution in [0.25, 0.3) is 6.08 Å². The lowest BCUT2D eigenvalue weighted by atomic mass is 10.1. The van der Waals surface area contributed by atoms with Gasteiger partial charge in [0, 0.05) is 10.9 Å². The quantitative estimate of drug-likeness (QED) is 0.594. The Balaban J connectivity index is 2.13. The van der Waals surface area contributed by atoms with Crippen molar-refractivity contribution in [2.75, 3.05) is 5.75 Å². The molecule has 1 heterocycles. The van der Waals surface area contributed by atoms with Crippen LogP contribution in [0.4, 0.5) is 8.78 Å². The predicted molar refractivity (Wildman–Crippen MR) is 77.8 cm³/mol. The highest BCUT2D eigenvalue weighted by molar-refractivity contribution is 7.91. The van der Waals surface area contributed by atoms with Crippen LogP contribution >= 0.6 is 11.5 Å². The van der Waals surface area contributed by atoms with Gasteiger partial charge in [0.2, 0.25) is 0 Å². The van der Waals surface area contributed by atoms with Gasteiger partial charge < -0.3 is 0 Å². The average molecular weight is 344 g/mol.